The number of amides is 3. The van der Waals surface area contributed by atoms with Crippen LogP contribution in [0.2, 0.25) is 0 Å². The van der Waals surface area contributed by atoms with Crippen LogP contribution < -0.4 is 5.32 Å². The SMILES string of the molecule is O=C(Nc1cc2ccncc2s1)[C@H](CN1C(=O)c2ccccc2C1=O)c1ccc(CCO[N+](=O)[O-])cc1. The van der Waals surface area contributed by atoms with Crippen LogP contribution in [-0.2, 0) is 16.1 Å². The van der Waals surface area contributed by atoms with Gasteiger partial charge in [0.25, 0.3) is 16.9 Å². The molecule has 0 radical (unpaired) electrons. The third kappa shape index (κ3) is 5.02. The smallest absolute Gasteiger partial charge is 0.294 e. The Hall–Kier alpha value is -4.64. The van der Waals surface area contributed by atoms with Crippen molar-refractivity contribution < 1.29 is 24.3 Å². The molecule has 11 heteroatoms. The first-order chi connectivity index (χ1) is 17.9. The Bertz CT molecular complexity index is 1450. The van der Waals surface area contributed by atoms with Gasteiger partial charge in [0.2, 0.25) is 5.91 Å². The largest absolute Gasteiger partial charge is 0.317 e. The summed E-state index contributed by atoms with van der Waals surface area (Å²) in [5, 5.41) is 14.0. The van der Waals surface area contributed by atoms with Crippen LogP contribution in [0.25, 0.3) is 10.1 Å². The van der Waals surface area contributed by atoms with Crippen LogP contribution in [0.1, 0.15) is 37.8 Å². The van der Waals surface area contributed by atoms with E-state index in [1.54, 1.807) is 60.9 Å². The molecule has 1 N–H and O–H groups in total. The van der Waals surface area contributed by atoms with E-state index in [-0.39, 0.29) is 19.1 Å². The summed E-state index contributed by atoms with van der Waals surface area (Å²) in [7, 11) is 0. The number of nitrogens with zero attached hydrogens (tertiary/aromatic N) is 3. The lowest BCUT2D eigenvalue weighted by Gasteiger charge is -2.22. The second-order valence-electron chi connectivity index (χ2n) is 8.38. The Kier molecular flexibility index (Phi) is 6.60. The van der Waals surface area contributed by atoms with Gasteiger partial charge in [-0.2, -0.15) is 0 Å². The molecule has 37 heavy (non-hydrogen) atoms. The van der Waals surface area contributed by atoms with Crippen molar-refractivity contribution in [3.05, 3.63) is 105 Å². The van der Waals surface area contributed by atoms with Gasteiger partial charge in [0, 0.05) is 18.9 Å². The number of carbonyl (C=O) groups excluding carboxylic acids is 3. The van der Waals surface area contributed by atoms with Crippen molar-refractivity contribution in [2.75, 3.05) is 18.5 Å². The summed E-state index contributed by atoms with van der Waals surface area (Å²) in [6.07, 6.45) is 3.70. The Balaban J connectivity index is 1.41. The quantitative estimate of drug-likeness (QED) is 0.202. The van der Waals surface area contributed by atoms with Crippen molar-refractivity contribution in [2.24, 2.45) is 0 Å². The summed E-state index contributed by atoms with van der Waals surface area (Å²) in [4.78, 5) is 59.5. The average molecular weight is 517 g/mol. The minimum absolute atomic E-state index is 0.0912. The van der Waals surface area contributed by atoms with Crippen LogP contribution in [0.4, 0.5) is 5.00 Å². The standard InChI is InChI=1S/C26H20N4O6S/c31-24(28-23-13-18-9-11-27-14-22(18)37-23)21(17-7-5-16(6-8-17)10-12-36-30(34)35)15-29-25(32)19-3-1-2-4-20(19)26(29)33/h1-9,11,13-14,21H,10,12,15H2,(H,28,31)/t21-/m1/s1. The molecular weight excluding hydrogens is 496 g/mol. The van der Waals surface area contributed by atoms with Gasteiger partial charge in [-0.3, -0.25) is 24.3 Å². The van der Waals surface area contributed by atoms with Crippen molar-refractivity contribution in [2.45, 2.75) is 12.3 Å². The molecule has 3 heterocycles. The molecule has 0 bridgehead atoms. The molecule has 5 rings (SSSR count). The molecule has 0 saturated heterocycles. The molecule has 4 aromatic rings. The van der Waals surface area contributed by atoms with Crippen molar-refractivity contribution >= 4 is 44.1 Å². The lowest BCUT2D eigenvalue weighted by atomic mass is 9.95. The van der Waals surface area contributed by atoms with Gasteiger partial charge in [0.1, 0.15) is 6.61 Å². The first-order valence-corrected chi connectivity index (χ1v) is 12.2. The molecule has 1 atom stereocenters. The normalized spacial score (nSPS) is 13.5. The number of aromatic nitrogens is 1. The van der Waals surface area contributed by atoms with E-state index < -0.39 is 22.8 Å². The number of carbonyl (C=O) groups is 3. The summed E-state index contributed by atoms with van der Waals surface area (Å²) >= 11 is 1.37. The summed E-state index contributed by atoms with van der Waals surface area (Å²) in [6, 6.07) is 17.2. The van der Waals surface area contributed by atoms with Crippen LogP contribution in [0.5, 0.6) is 0 Å². The van der Waals surface area contributed by atoms with E-state index in [1.807, 2.05) is 12.1 Å². The van der Waals surface area contributed by atoms with Crippen molar-refractivity contribution in [3.63, 3.8) is 0 Å². The van der Waals surface area contributed by atoms with E-state index in [0.29, 0.717) is 28.1 Å². The molecule has 186 valence electrons. The number of hydrogen-bond acceptors (Lipinski definition) is 8. The Morgan fingerprint density at radius 1 is 1.08 bits per heavy atom. The highest BCUT2D eigenvalue weighted by Crippen LogP contribution is 2.31. The molecule has 10 nitrogen and oxygen atoms in total. The third-order valence-electron chi connectivity index (χ3n) is 6.10. The first-order valence-electron chi connectivity index (χ1n) is 11.4. The highest BCUT2D eigenvalue weighted by molar-refractivity contribution is 7.22. The van der Waals surface area contributed by atoms with Gasteiger partial charge < -0.3 is 10.2 Å². The van der Waals surface area contributed by atoms with Crippen LogP contribution in [0, 0.1) is 10.1 Å². The monoisotopic (exact) mass is 516 g/mol. The molecule has 1 aliphatic heterocycles. The lowest BCUT2D eigenvalue weighted by Crippen LogP contribution is -2.38. The number of anilines is 1. The fraction of sp³-hybridized carbons (Fsp3) is 0.154. The van der Waals surface area contributed by atoms with Gasteiger partial charge in [-0.15, -0.1) is 21.5 Å². The molecule has 0 unspecified atom stereocenters. The number of benzene rings is 2. The zero-order valence-electron chi connectivity index (χ0n) is 19.3. The maximum absolute atomic E-state index is 13.5. The van der Waals surface area contributed by atoms with Crippen LogP contribution >= 0.6 is 11.3 Å². The fourth-order valence-electron chi connectivity index (χ4n) is 4.24. The first kappa shape index (κ1) is 24.1. The van der Waals surface area contributed by atoms with E-state index in [1.165, 1.54) is 11.3 Å². The van der Waals surface area contributed by atoms with Crippen molar-refractivity contribution in [1.82, 2.24) is 9.88 Å². The molecule has 0 spiro atoms. The Morgan fingerprint density at radius 2 is 1.78 bits per heavy atom. The maximum atomic E-state index is 13.5. The minimum atomic E-state index is -0.852. The van der Waals surface area contributed by atoms with E-state index in [0.717, 1.165) is 20.5 Å². The van der Waals surface area contributed by atoms with Gasteiger partial charge >= 0.3 is 0 Å². The number of rotatable bonds is 9. The molecule has 0 aliphatic carbocycles. The zero-order valence-corrected chi connectivity index (χ0v) is 20.1. The number of hydrogen-bond donors (Lipinski definition) is 1. The van der Waals surface area contributed by atoms with E-state index in [9.17, 15) is 24.5 Å². The van der Waals surface area contributed by atoms with Gasteiger partial charge in [-0.25, -0.2) is 0 Å². The highest BCUT2D eigenvalue weighted by atomic mass is 32.1. The molecule has 2 aromatic heterocycles. The molecule has 1 aliphatic rings. The number of thiophene rings is 1. The zero-order chi connectivity index (χ0) is 25.9. The van der Waals surface area contributed by atoms with Gasteiger partial charge in [-0.1, -0.05) is 36.4 Å². The van der Waals surface area contributed by atoms with E-state index >= 15 is 0 Å². The summed E-state index contributed by atoms with van der Waals surface area (Å²) < 4.78 is 0.913. The van der Waals surface area contributed by atoms with Gasteiger partial charge in [0.15, 0.2) is 0 Å². The van der Waals surface area contributed by atoms with E-state index in [2.05, 4.69) is 15.1 Å². The minimum Gasteiger partial charge on any atom is -0.317 e. The number of fused-ring (bicyclic) bond motifs is 2. The second kappa shape index (κ2) is 10.2. The summed E-state index contributed by atoms with van der Waals surface area (Å²) in [6.45, 7) is -0.236. The topological polar surface area (TPSA) is 132 Å². The lowest BCUT2D eigenvalue weighted by molar-refractivity contribution is -0.757. The molecule has 2 aromatic carbocycles. The predicted molar refractivity (Wildman–Crippen MR) is 136 cm³/mol. The Labute approximate surface area is 214 Å². The molecule has 3 amide bonds. The van der Waals surface area contributed by atoms with Gasteiger partial charge in [0.05, 0.1) is 26.7 Å². The third-order valence-corrected chi connectivity index (χ3v) is 7.10. The van der Waals surface area contributed by atoms with Crippen LogP contribution in [0.3, 0.4) is 0 Å². The molecule has 0 fully saturated rings. The highest BCUT2D eigenvalue weighted by Gasteiger charge is 2.38. The van der Waals surface area contributed by atoms with E-state index in [4.69, 9.17) is 0 Å². The second-order valence-corrected chi connectivity index (χ2v) is 9.46. The van der Waals surface area contributed by atoms with Crippen molar-refractivity contribution in [1.29, 1.82) is 0 Å². The fourth-order valence-corrected chi connectivity index (χ4v) is 5.17. The number of imide groups is 1. The van der Waals surface area contributed by atoms with Crippen LogP contribution in [-0.4, -0.2) is 45.8 Å². The number of nitrogens with one attached hydrogen (secondary N) is 1. The molecular formula is C26H20N4O6S. The molecule has 0 saturated carbocycles. The average Bonchev–Trinajstić information content (AvgIpc) is 3.41. The predicted octanol–water partition coefficient (Wildman–Crippen LogP) is 4.07. The van der Waals surface area contributed by atoms with Crippen LogP contribution in [0.15, 0.2) is 73.1 Å². The van der Waals surface area contributed by atoms with Crippen molar-refractivity contribution in [3.8, 4) is 0 Å². The number of pyridine rings is 1. The van der Waals surface area contributed by atoms with Gasteiger partial charge in [-0.05, 0) is 47.2 Å². The summed E-state index contributed by atoms with van der Waals surface area (Å²) in [5.41, 5.74) is 1.99. The summed E-state index contributed by atoms with van der Waals surface area (Å²) in [5.74, 6) is -2.12. The Morgan fingerprint density at radius 3 is 2.43 bits per heavy atom. The maximum Gasteiger partial charge on any atom is 0.294 e.